The third kappa shape index (κ3) is 3.48. The van der Waals surface area contributed by atoms with Crippen molar-refractivity contribution in [1.29, 1.82) is 0 Å². The first kappa shape index (κ1) is 16.5. The second-order valence-corrected chi connectivity index (χ2v) is 5.17. The lowest BCUT2D eigenvalue weighted by Crippen LogP contribution is -2.21. The number of nitrogens with zero attached hydrogens (tertiary/aromatic N) is 3. The maximum atomic E-state index is 5.79. The van der Waals surface area contributed by atoms with E-state index in [1.807, 2.05) is 30.3 Å². The first-order valence-corrected chi connectivity index (χ1v) is 7.27. The highest BCUT2D eigenvalue weighted by molar-refractivity contribution is 5.85. The topological polar surface area (TPSA) is 64.3 Å². The third-order valence-corrected chi connectivity index (χ3v) is 3.73. The molecule has 0 amide bonds. The van der Waals surface area contributed by atoms with E-state index < -0.39 is 0 Å². The van der Waals surface area contributed by atoms with E-state index in [2.05, 4.69) is 9.88 Å². The van der Waals surface area contributed by atoms with Gasteiger partial charge in [0.1, 0.15) is 5.75 Å². The summed E-state index contributed by atoms with van der Waals surface area (Å²) in [5.41, 5.74) is 8.57. The van der Waals surface area contributed by atoms with Crippen LogP contribution in [0.15, 0.2) is 30.3 Å². The maximum absolute atomic E-state index is 5.79. The predicted octanol–water partition coefficient (Wildman–Crippen LogP) is 2.63. The number of benzene rings is 1. The minimum absolute atomic E-state index is 0. The van der Waals surface area contributed by atoms with Crippen LogP contribution in [0.25, 0.3) is 11.3 Å². The van der Waals surface area contributed by atoms with Crippen LogP contribution in [0.1, 0.15) is 18.5 Å². The largest absolute Gasteiger partial charge is 0.497 e. The summed E-state index contributed by atoms with van der Waals surface area (Å²) < 4.78 is 5.28. The second-order valence-electron chi connectivity index (χ2n) is 5.17. The van der Waals surface area contributed by atoms with E-state index in [0.717, 1.165) is 41.7 Å². The van der Waals surface area contributed by atoms with Gasteiger partial charge >= 0.3 is 0 Å². The molecule has 6 heteroatoms. The highest BCUT2D eigenvalue weighted by Crippen LogP contribution is 2.25. The average Bonchev–Trinajstić information content (AvgIpc) is 3.09. The molecule has 0 saturated carbocycles. The van der Waals surface area contributed by atoms with Crippen LogP contribution >= 0.6 is 12.4 Å². The molecule has 2 aromatic rings. The minimum Gasteiger partial charge on any atom is -0.497 e. The Morgan fingerprint density at radius 3 is 2.64 bits per heavy atom. The fourth-order valence-electron chi connectivity index (χ4n) is 2.58. The van der Waals surface area contributed by atoms with Gasteiger partial charge in [0, 0.05) is 25.2 Å². The predicted molar refractivity (Wildman–Crippen MR) is 90.6 cm³/mol. The zero-order chi connectivity index (χ0) is 14.7. The van der Waals surface area contributed by atoms with Crippen molar-refractivity contribution in [2.24, 2.45) is 5.73 Å². The van der Waals surface area contributed by atoms with Crippen molar-refractivity contribution in [2.75, 3.05) is 25.1 Å². The van der Waals surface area contributed by atoms with Crippen molar-refractivity contribution in [3.05, 3.63) is 36.0 Å². The van der Waals surface area contributed by atoms with Crippen LogP contribution < -0.4 is 15.4 Å². The highest BCUT2D eigenvalue weighted by Gasteiger charge is 2.17. The molecular weight excluding hydrogens is 300 g/mol. The number of ether oxygens (including phenoxy) is 1. The summed E-state index contributed by atoms with van der Waals surface area (Å²) in [5.74, 6) is 1.61. The lowest BCUT2D eigenvalue weighted by atomic mass is 10.1. The van der Waals surface area contributed by atoms with Gasteiger partial charge in [-0.15, -0.1) is 12.4 Å². The zero-order valence-electron chi connectivity index (χ0n) is 12.7. The first-order valence-electron chi connectivity index (χ1n) is 7.27. The fraction of sp³-hybridized carbons (Fsp3) is 0.375. The zero-order valence-corrected chi connectivity index (χ0v) is 13.5. The van der Waals surface area contributed by atoms with Gasteiger partial charge in [-0.05, 0) is 31.0 Å². The number of nitrogens with two attached hydrogens (primary N) is 1. The Hall–Kier alpha value is -1.85. The van der Waals surface area contributed by atoms with Crippen molar-refractivity contribution in [1.82, 2.24) is 9.97 Å². The second kappa shape index (κ2) is 7.42. The van der Waals surface area contributed by atoms with Crippen LogP contribution in [0.3, 0.4) is 0 Å². The number of hydrogen-bond donors (Lipinski definition) is 1. The van der Waals surface area contributed by atoms with Crippen molar-refractivity contribution in [3.63, 3.8) is 0 Å². The Balaban J connectivity index is 0.00000176. The fourth-order valence-corrected chi connectivity index (χ4v) is 2.58. The van der Waals surface area contributed by atoms with Gasteiger partial charge < -0.3 is 15.4 Å². The molecule has 2 N–H and O–H groups in total. The number of aromatic nitrogens is 2. The monoisotopic (exact) mass is 320 g/mol. The summed E-state index contributed by atoms with van der Waals surface area (Å²) in [6.07, 6.45) is 2.40. The van der Waals surface area contributed by atoms with Crippen molar-refractivity contribution >= 4 is 18.4 Å². The number of halogens is 1. The molecule has 1 aromatic carbocycles. The number of rotatable bonds is 4. The number of hydrogen-bond acceptors (Lipinski definition) is 5. The van der Waals surface area contributed by atoms with E-state index in [0.29, 0.717) is 6.54 Å². The van der Waals surface area contributed by atoms with Crippen LogP contribution in [-0.4, -0.2) is 30.2 Å². The van der Waals surface area contributed by atoms with Gasteiger partial charge in [0.15, 0.2) is 0 Å². The summed E-state index contributed by atoms with van der Waals surface area (Å²) in [5, 5.41) is 0. The smallest absolute Gasteiger partial charge is 0.226 e. The van der Waals surface area contributed by atoms with Crippen LogP contribution in [0, 0.1) is 0 Å². The highest BCUT2D eigenvalue weighted by atomic mass is 35.5. The first-order chi connectivity index (χ1) is 10.3. The normalized spacial score (nSPS) is 13.8. The van der Waals surface area contributed by atoms with E-state index in [9.17, 15) is 0 Å². The van der Waals surface area contributed by atoms with Gasteiger partial charge in [-0.25, -0.2) is 9.97 Å². The molecule has 0 radical (unpaired) electrons. The van der Waals surface area contributed by atoms with Gasteiger partial charge in [-0.3, -0.25) is 0 Å². The summed E-state index contributed by atoms with van der Waals surface area (Å²) in [6.45, 7) is 2.46. The molecular formula is C16H21ClN4O. The molecule has 22 heavy (non-hydrogen) atoms. The lowest BCUT2D eigenvalue weighted by molar-refractivity contribution is 0.415. The van der Waals surface area contributed by atoms with Crippen molar-refractivity contribution in [2.45, 2.75) is 19.4 Å². The van der Waals surface area contributed by atoms with Crippen LogP contribution in [0.2, 0.25) is 0 Å². The van der Waals surface area contributed by atoms with Gasteiger partial charge in [-0.2, -0.15) is 0 Å². The van der Waals surface area contributed by atoms with E-state index in [1.165, 1.54) is 12.8 Å². The summed E-state index contributed by atoms with van der Waals surface area (Å²) in [4.78, 5) is 11.5. The summed E-state index contributed by atoms with van der Waals surface area (Å²) in [6, 6.07) is 9.85. The van der Waals surface area contributed by atoms with E-state index in [4.69, 9.17) is 15.5 Å². The molecule has 0 spiro atoms. The molecule has 1 saturated heterocycles. The van der Waals surface area contributed by atoms with Gasteiger partial charge in [0.25, 0.3) is 0 Å². The van der Waals surface area contributed by atoms with Crippen molar-refractivity contribution in [3.8, 4) is 17.0 Å². The third-order valence-electron chi connectivity index (χ3n) is 3.73. The van der Waals surface area contributed by atoms with Crippen molar-refractivity contribution < 1.29 is 4.74 Å². The number of anilines is 1. The molecule has 1 aromatic heterocycles. The quantitative estimate of drug-likeness (QED) is 0.938. The van der Waals surface area contributed by atoms with Crippen LogP contribution in [-0.2, 0) is 6.54 Å². The Morgan fingerprint density at radius 2 is 1.95 bits per heavy atom. The summed E-state index contributed by atoms with van der Waals surface area (Å²) >= 11 is 0. The molecule has 1 fully saturated rings. The molecule has 118 valence electrons. The van der Waals surface area contributed by atoms with Gasteiger partial charge in [-0.1, -0.05) is 12.1 Å². The molecule has 1 aliphatic rings. The van der Waals surface area contributed by atoms with E-state index in [-0.39, 0.29) is 12.4 Å². The molecule has 5 nitrogen and oxygen atoms in total. The van der Waals surface area contributed by atoms with E-state index in [1.54, 1.807) is 7.11 Å². The Labute approximate surface area is 136 Å². The molecule has 3 rings (SSSR count). The molecule has 0 unspecified atom stereocenters. The molecule has 0 aliphatic carbocycles. The number of methoxy groups -OCH3 is 1. The molecule has 0 bridgehead atoms. The van der Waals surface area contributed by atoms with E-state index >= 15 is 0 Å². The average molecular weight is 321 g/mol. The Morgan fingerprint density at radius 1 is 1.18 bits per heavy atom. The maximum Gasteiger partial charge on any atom is 0.226 e. The van der Waals surface area contributed by atoms with Crippen LogP contribution in [0.4, 0.5) is 5.95 Å². The standard InChI is InChI=1S/C16H20N4O.ClH/c1-21-14-6-4-5-12(9-14)15-10-13(11-17)18-16(19-15)20-7-2-3-8-20;/h4-6,9-10H,2-3,7-8,11,17H2,1H3;1H. The SMILES string of the molecule is COc1cccc(-c2cc(CN)nc(N3CCCC3)n2)c1.Cl. The van der Waals surface area contributed by atoms with Crippen LogP contribution in [0.5, 0.6) is 5.75 Å². The lowest BCUT2D eigenvalue weighted by Gasteiger charge is -2.17. The molecule has 2 heterocycles. The Kier molecular flexibility index (Phi) is 5.57. The Bertz CT molecular complexity index is 629. The summed E-state index contributed by atoms with van der Waals surface area (Å²) in [7, 11) is 1.67. The van der Waals surface area contributed by atoms with Gasteiger partial charge in [0.05, 0.1) is 18.5 Å². The minimum atomic E-state index is 0. The molecule has 1 aliphatic heterocycles. The van der Waals surface area contributed by atoms with Gasteiger partial charge in [0.2, 0.25) is 5.95 Å². The molecule has 0 atom stereocenters.